The van der Waals surface area contributed by atoms with Crippen LogP contribution in [0, 0.1) is 36.3 Å². The third-order valence-corrected chi connectivity index (χ3v) is 21.3. The van der Waals surface area contributed by atoms with Crippen LogP contribution in [0.3, 0.4) is 0 Å². The van der Waals surface area contributed by atoms with Gasteiger partial charge in [-0.2, -0.15) is 13.2 Å². The Bertz CT molecular complexity index is 3380. The Labute approximate surface area is 602 Å². The fraction of sp³-hybridized carbons (Fsp3) is 0.676. The van der Waals surface area contributed by atoms with Crippen molar-refractivity contribution in [2.75, 3.05) is 82.1 Å². The van der Waals surface area contributed by atoms with E-state index < -0.39 is 192 Å². The number of hydrogen-bond acceptors (Lipinski definition) is 12. The van der Waals surface area contributed by atoms with Crippen molar-refractivity contribution in [1.82, 2.24) is 60.0 Å². The lowest BCUT2D eigenvalue weighted by Crippen LogP contribution is -2.65. The first-order valence-electron chi connectivity index (χ1n) is 36.3. The van der Waals surface area contributed by atoms with Gasteiger partial charge >= 0.3 is 6.18 Å². The monoisotopic (exact) mass is 1450 g/mol. The summed E-state index contributed by atoms with van der Waals surface area (Å²) >= 11 is 0. The average Bonchev–Trinajstić information content (AvgIpc) is 1.76. The van der Waals surface area contributed by atoms with Gasteiger partial charge in [0.25, 0.3) is 0 Å². The molecule has 572 valence electrons. The van der Waals surface area contributed by atoms with Crippen LogP contribution in [0.2, 0.25) is 0 Å². The number of rotatable bonds is 15. The number of alkyl halides is 3. The minimum atomic E-state index is -5.40. The highest BCUT2D eigenvalue weighted by atomic mass is 19.4. The van der Waals surface area contributed by atoms with Gasteiger partial charge in [0.1, 0.15) is 71.1 Å². The molecular weight excluding hydrogens is 1340 g/mol. The van der Waals surface area contributed by atoms with E-state index in [2.05, 4.69) is 16.0 Å². The highest BCUT2D eigenvalue weighted by Gasteiger charge is 2.51. The Balaban J connectivity index is 1.48. The molecule has 2 aromatic carbocycles. The molecule has 2 heterocycles. The molecule has 4 fully saturated rings. The van der Waals surface area contributed by atoms with Crippen LogP contribution >= 0.6 is 0 Å². The fourth-order valence-corrected chi connectivity index (χ4v) is 14.6. The molecule has 2 saturated heterocycles. The summed E-state index contributed by atoms with van der Waals surface area (Å²) in [6, 6.07) is -2.47. The van der Waals surface area contributed by atoms with Gasteiger partial charge in [-0.1, -0.05) is 103 Å². The van der Waals surface area contributed by atoms with E-state index in [-0.39, 0.29) is 69.6 Å². The largest absolute Gasteiger partial charge is 0.422 e. The van der Waals surface area contributed by atoms with Gasteiger partial charge in [0.05, 0.1) is 19.5 Å². The molecular formula is C74H109F5N12O12. The van der Waals surface area contributed by atoms with Crippen molar-refractivity contribution in [3.8, 4) is 0 Å². The predicted octanol–water partition coefficient (Wildman–Crippen LogP) is 5.87. The first-order valence-corrected chi connectivity index (χ1v) is 36.3. The molecule has 6 rings (SSSR count). The van der Waals surface area contributed by atoms with E-state index in [0.29, 0.717) is 69.1 Å². The van der Waals surface area contributed by atoms with Crippen molar-refractivity contribution in [3.05, 3.63) is 70.3 Å². The first-order chi connectivity index (χ1) is 48.3. The van der Waals surface area contributed by atoms with Crippen LogP contribution in [0.5, 0.6) is 0 Å². The van der Waals surface area contributed by atoms with Crippen LogP contribution in [0.1, 0.15) is 167 Å². The summed E-state index contributed by atoms with van der Waals surface area (Å²) in [5.74, 6) is -13.8. The van der Waals surface area contributed by atoms with Gasteiger partial charge in [-0.05, 0) is 120 Å². The highest BCUT2D eigenvalue weighted by Crippen LogP contribution is 2.38. The first kappa shape index (κ1) is 83.7. The van der Waals surface area contributed by atoms with E-state index in [0.717, 1.165) is 20.3 Å². The molecule has 0 unspecified atom stereocenters. The minimum Gasteiger partial charge on any atom is -0.347 e. The van der Waals surface area contributed by atoms with Crippen molar-refractivity contribution >= 4 is 70.9 Å². The van der Waals surface area contributed by atoms with Crippen molar-refractivity contribution in [2.24, 2.45) is 17.8 Å². The molecule has 2 saturated carbocycles. The van der Waals surface area contributed by atoms with Gasteiger partial charge in [0.2, 0.25) is 70.9 Å². The van der Waals surface area contributed by atoms with Gasteiger partial charge < -0.3 is 60.0 Å². The predicted molar refractivity (Wildman–Crippen MR) is 374 cm³/mol. The number of hydrogen-bond donors (Lipinski definition) is 3. The Morgan fingerprint density at radius 2 is 1.31 bits per heavy atom. The standard InChI is InChI=1S/C74H109F5N12O12/c1-16-19-35-89-43-59(93)82-73(33-22-23-34-73)72(103)88(15)63(50-24-20-21-25-50)71(102)87(14)56(67(98)83(9)10)41-60(94)86(13)55(37-44(4)5)64(95)81-62(46(7)17-2)70(101)85(12)47(8)65(96)91-36-32-54(91)69(100)90(18-3)57(40-48-28-26-45(6)27-29-48)68(99)84(11)42-58(92)80-53(66(89)97)31-30-49-38-51(75)61(52(76)39-49)74(77,78)79/h26-29,38-39,44,46-47,50,53-57,62-63H,16-25,30-37,40-43H2,1-15H3,(H,80,92)(H,81,95)(H,82,93)/t46-,47-,53-,54-,55-,56-,57-,62-,63-/m0/s1. The van der Waals surface area contributed by atoms with Crippen LogP contribution < -0.4 is 16.0 Å². The Kier molecular flexibility index (Phi) is 29.6. The zero-order chi connectivity index (χ0) is 76.9. The number of benzene rings is 2. The maximum absolute atomic E-state index is 15.5. The number of fused-ring (bicyclic) bond motifs is 1. The Morgan fingerprint density at radius 3 is 1.84 bits per heavy atom. The maximum atomic E-state index is 15.5. The number of carbonyl (C=O) groups excluding carboxylic acids is 12. The third-order valence-electron chi connectivity index (χ3n) is 21.3. The van der Waals surface area contributed by atoms with Gasteiger partial charge in [-0.15, -0.1) is 0 Å². The number of halogens is 5. The molecule has 103 heavy (non-hydrogen) atoms. The second-order valence-electron chi connectivity index (χ2n) is 29.4. The molecule has 4 aliphatic rings. The second kappa shape index (κ2) is 36.4. The molecule has 0 aromatic heterocycles. The van der Waals surface area contributed by atoms with Crippen molar-refractivity contribution < 1.29 is 79.5 Å². The minimum absolute atomic E-state index is 0.0795. The number of amides is 12. The number of unbranched alkanes of at least 4 members (excludes halogenated alkanes) is 1. The van der Waals surface area contributed by atoms with Crippen molar-refractivity contribution in [2.45, 2.75) is 225 Å². The zero-order valence-electron chi connectivity index (χ0n) is 62.7. The summed E-state index contributed by atoms with van der Waals surface area (Å²) in [6.07, 6.45) is -2.26. The molecule has 12 amide bonds. The molecule has 0 bridgehead atoms. The van der Waals surface area contributed by atoms with Crippen LogP contribution in [0.15, 0.2) is 36.4 Å². The Hall–Kier alpha value is -8.27. The normalized spacial score (nSPS) is 25.0. The molecule has 2 aliphatic carbocycles. The molecule has 2 aliphatic heterocycles. The van der Waals surface area contributed by atoms with Crippen molar-refractivity contribution in [3.63, 3.8) is 0 Å². The van der Waals surface area contributed by atoms with E-state index >= 15 is 32.8 Å². The Morgan fingerprint density at radius 1 is 0.699 bits per heavy atom. The lowest BCUT2D eigenvalue weighted by molar-refractivity contribution is -0.161. The number of likely N-dealkylation sites (N-methyl/N-ethyl adjacent to an activating group) is 7. The molecule has 3 N–H and O–H groups in total. The zero-order valence-corrected chi connectivity index (χ0v) is 62.7. The number of nitrogens with one attached hydrogen (secondary N) is 3. The lowest BCUT2D eigenvalue weighted by Gasteiger charge is -2.45. The SMILES string of the molecule is CCCCN1CC(=O)NC2(CCCC2)C(=O)N(C)[C@@H](C2CCCC2)C(=O)N(C)[C@H](C(=O)N(C)C)CC(=O)N(C)[C@@H](CC(C)C)C(=O)N[C@@H]([C@@H](C)CC)C(=O)N(C)[C@@H](C)C(=O)N2CC[C@H]2C(=O)N(CC)[C@@H](Cc2ccc(C)cc2)C(=O)N(C)CC(=O)N[C@@H](CCc2cc(F)c(C(F)(F)F)c(F)c2)C1=O. The van der Waals surface area contributed by atoms with Crippen LogP contribution in [-0.2, 0) is 76.6 Å². The van der Waals surface area contributed by atoms with E-state index in [1.165, 1.54) is 85.7 Å². The average molecular weight is 1450 g/mol. The molecule has 9 atom stereocenters. The third kappa shape index (κ3) is 20.4. The summed E-state index contributed by atoms with van der Waals surface area (Å²) in [7, 11) is 9.81. The number of carbonyl (C=O) groups is 12. The van der Waals surface area contributed by atoms with Crippen molar-refractivity contribution in [1.29, 1.82) is 0 Å². The van der Waals surface area contributed by atoms with Gasteiger partial charge in [-0.3, -0.25) is 57.5 Å². The smallest absolute Gasteiger partial charge is 0.347 e. The molecule has 24 nitrogen and oxygen atoms in total. The molecule has 29 heteroatoms. The fourth-order valence-electron chi connectivity index (χ4n) is 14.6. The van der Waals surface area contributed by atoms with E-state index in [1.807, 2.05) is 39.8 Å². The van der Waals surface area contributed by atoms with E-state index in [1.54, 1.807) is 32.9 Å². The summed E-state index contributed by atoms with van der Waals surface area (Å²) in [5.41, 5.74) is -2.61. The van der Waals surface area contributed by atoms with Gasteiger partial charge in [0.15, 0.2) is 0 Å². The number of nitrogens with zero attached hydrogens (tertiary/aromatic N) is 9. The summed E-state index contributed by atoms with van der Waals surface area (Å²) in [4.78, 5) is 191. The quantitative estimate of drug-likeness (QED) is 0.177. The summed E-state index contributed by atoms with van der Waals surface area (Å²) in [5, 5.41) is 8.44. The van der Waals surface area contributed by atoms with Crippen LogP contribution in [0.25, 0.3) is 0 Å². The maximum Gasteiger partial charge on any atom is 0.422 e. The topological polar surface area (TPSA) is 270 Å². The van der Waals surface area contributed by atoms with Gasteiger partial charge in [-0.25, -0.2) is 8.78 Å². The molecule has 2 aromatic rings. The summed E-state index contributed by atoms with van der Waals surface area (Å²) < 4.78 is 71.6. The molecule has 0 radical (unpaired) electrons. The van der Waals surface area contributed by atoms with E-state index in [4.69, 9.17) is 0 Å². The molecule has 1 spiro atoms. The van der Waals surface area contributed by atoms with Crippen LogP contribution in [-0.4, -0.2) is 251 Å². The van der Waals surface area contributed by atoms with Crippen LogP contribution in [0.4, 0.5) is 22.0 Å². The van der Waals surface area contributed by atoms with E-state index in [9.17, 15) is 46.7 Å². The summed E-state index contributed by atoms with van der Waals surface area (Å²) in [6.45, 7) is 12.4. The lowest BCUT2D eigenvalue weighted by atomic mass is 9.90. The number of aryl methyl sites for hydroxylation is 2. The van der Waals surface area contributed by atoms with Gasteiger partial charge in [0, 0.05) is 75.4 Å². The highest BCUT2D eigenvalue weighted by molar-refractivity contribution is 6.01. The second-order valence-corrected chi connectivity index (χ2v) is 29.4.